The second-order valence-corrected chi connectivity index (χ2v) is 5.92. The maximum atomic E-state index is 12.2. The second kappa shape index (κ2) is 6.75. The zero-order valence-electron chi connectivity index (χ0n) is 12.7. The summed E-state index contributed by atoms with van der Waals surface area (Å²) in [5.41, 5.74) is -0.629. The van der Waals surface area contributed by atoms with Gasteiger partial charge in [-0.15, -0.1) is 0 Å². The number of carbonyl (C=O) groups is 3. The van der Waals surface area contributed by atoms with E-state index in [0.29, 0.717) is 0 Å². The van der Waals surface area contributed by atoms with E-state index in [9.17, 15) is 19.5 Å². The van der Waals surface area contributed by atoms with E-state index in [2.05, 4.69) is 10.1 Å². The predicted molar refractivity (Wildman–Crippen MR) is 72.7 cm³/mol. The molecule has 0 aromatic carbocycles. The van der Waals surface area contributed by atoms with Crippen molar-refractivity contribution in [2.45, 2.75) is 32.9 Å². The lowest BCUT2D eigenvalue weighted by Crippen LogP contribution is -2.57. The Labute approximate surface area is 123 Å². The number of morpholine rings is 1. The van der Waals surface area contributed by atoms with Crippen LogP contribution in [0.25, 0.3) is 0 Å². The number of carboxylic acids is 1. The summed E-state index contributed by atoms with van der Waals surface area (Å²) in [6.45, 7) is 5.69. The molecule has 0 spiro atoms. The van der Waals surface area contributed by atoms with Gasteiger partial charge in [0.25, 0.3) is 0 Å². The summed E-state index contributed by atoms with van der Waals surface area (Å²) in [4.78, 5) is 36.2. The van der Waals surface area contributed by atoms with Gasteiger partial charge in [0.1, 0.15) is 6.04 Å². The first kappa shape index (κ1) is 17.2. The Bertz CT molecular complexity index is 417. The summed E-state index contributed by atoms with van der Waals surface area (Å²) < 4.78 is 9.79. The van der Waals surface area contributed by atoms with Crippen molar-refractivity contribution in [3.63, 3.8) is 0 Å². The van der Waals surface area contributed by atoms with Crippen LogP contribution in [0.15, 0.2) is 0 Å². The number of nitrogens with zero attached hydrogens (tertiary/aromatic N) is 1. The summed E-state index contributed by atoms with van der Waals surface area (Å²) in [6.07, 6.45) is -0.840. The molecule has 1 rings (SSSR count). The van der Waals surface area contributed by atoms with Crippen LogP contribution in [0.5, 0.6) is 0 Å². The van der Waals surface area contributed by atoms with Crippen molar-refractivity contribution >= 4 is 18.0 Å². The molecule has 2 atom stereocenters. The molecule has 0 aromatic rings. The van der Waals surface area contributed by atoms with Gasteiger partial charge in [-0.25, -0.2) is 14.4 Å². The van der Waals surface area contributed by atoms with E-state index in [1.807, 2.05) is 0 Å². The van der Waals surface area contributed by atoms with E-state index >= 15 is 0 Å². The molecule has 1 fully saturated rings. The molecule has 21 heavy (non-hydrogen) atoms. The van der Waals surface area contributed by atoms with Crippen LogP contribution in [0.3, 0.4) is 0 Å². The average Bonchev–Trinajstić information content (AvgIpc) is 2.42. The number of amides is 2. The number of esters is 1. The first-order chi connectivity index (χ1) is 9.66. The normalized spacial score (nSPS) is 20.6. The van der Waals surface area contributed by atoms with Gasteiger partial charge >= 0.3 is 18.0 Å². The quantitative estimate of drug-likeness (QED) is 0.715. The van der Waals surface area contributed by atoms with E-state index in [-0.39, 0.29) is 19.7 Å². The fraction of sp³-hybridized carbons (Fsp3) is 0.769. The second-order valence-electron chi connectivity index (χ2n) is 5.92. The molecule has 8 nitrogen and oxygen atoms in total. The molecule has 0 saturated carbocycles. The molecule has 120 valence electrons. The highest BCUT2D eigenvalue weighted by atomic mass is 16.6. The van der Waals surface area contributed by atoms with Crippen molar-refractivity contribution in [1.82, 2.24) is 10.2 Å². The Morgan fingerprint density at radius 3 is 2.48 bits per heavy atom. The van der Waals surface area contributed by atoms with Crippen LogP contribution in [-0.4, -0.2) is 66.9 Å². The third-order valence-corrected chi connectivity index (χ3v) is 3.20. The lowest BCUT2D eigenvalue weighted by atomic mass is 9.87. The van der Waals surface area contributed by atoms with Gasteiger partial charge in [0.05, 0.1) is 20.3 Å². The van der Waals surface area contributed by atoms with Crippen LogP contribution in [0.1, 0.15) is 20.8 Å². The number of hydrogen-bond donors (Lipinski definition) is 2. The van der Waals surface area contributed by atoms with Gasteiger partial charge in [0, 0.05) is 6.54 Å². The first-order valence-corrected chi connectivity index (χ1v) is 6.64. The Kier molecular flexibility index (Phi) is 5.54. The molecule has 1 heterocycles. The number of aliphatic carboxylic acids is 1. The highest BCUT2D eigenvalue weighted by Gasteiger charge is 2.36. The molecule has 0 aliphatic carbocycles. The minimum Gasteiger partial charge on any atom is -0.480 e. The summed E-state index contributed by atoms with van der Waals surface area (Å²) in [7, 11) is 1.24. The van der Waals surface area contributed by atoms with E-state index < -0.39 is 35.5 Å². The molecule has 2 N–H and O–H groups in total. The highest BCUT2D eigenvalue weighted by molar-refractivity contribution is 5.84. The summed E-state index contributed by atoms with van der Waals surface area (Å²) >= 11 is 0. The third kappa shape index (κ3) is 4.59. The third-order valence-electron chi connectivity index (χ3n) is 3.20. The largest absolute Gasteiger partial charge is 0.480 e. The van der Waals surface area contributed by atoms with Crippen molar-refractivity contribution < 1.29 is 29.0 Å². The van der Waals surface area contributed by atoms with Crippen LogP contribution >= 0.6 is 0 Å². The summed E-state index contributed by atoms with van der Waals surface area (Å²) in [5.74, 6) is -1.66. The van der Waals surface area contributed by atoms with E-state index in [0.717, 1.165) is 0 Å². The van der Waals surface area contributed by atoms with Crippen molar-refractivity contribution in [3.8, 4) is 0 Å². The molecule has 0 bridgehead atoms. The maximum absolute atomic E-state index is 12.2. The molecule has 0 aromatic heterocycles. The number of carbonyl (C=O) groups excluding carboxylic acids is 2. The fourth-order valence-corrected chi connectivity index (χ4v) is 1.97. The number of hydrogen-bond acceptors (Lipinski definition) is 5. The number of carboxylic acid groups (broad SMARTS) is 1. The van der Waals surface area contributed by atoms with E-state index in [1.165, 1.54) is 12.0 Å². The number of methoxy groups -OCH3 is 1. The molecule has 1 unspecified atom stereocenters. The van der Waals surface area contributed by atoms with Gasteiger partial charge in [-0.05, 0) is 5.41 Å². The molecule has 1 aliphatic rings. The average molecular weight is 302 g/mol. The maximum Gasteiger partial charge on any atom is 0.336 e. The van der Waals surface area contributed by atoms with E-state index in [4.69, 9.17) is 4.74 Å². The zero-order valence-corrected chi connectivity index (χ0v) is 12.7. The Morgan fingerprint density at radius 2 is 2.00 bits per heavy atom. The predicted octanol–water partition coefficient (Wildman–Crippen LogP) is 0.0691. The van der Waals surface area contributed by atoms with Crippen LogP contribution in [-0.2, 0) is 19.1 Å². The minimum atomic E-state index is -1.10. The van der Waals surface area contributed by atoms with Crippen molar-refractivity contribution in [3.05, 3.63) is 0 Å². The van der Waals surface area contributed by atoms with Crippen LogP contribution in [0, 0.1) is 5.41 Å². The summed E-state index contributed by atoms with van der Waals surface area (Å²) in [6, 6.07) is -1.56. The van der Waals surface area contributed by atoms with Gasteiger partial charge in [0.15, 0.2) is 6.10 Å². The number of rotatable bonds is 3. The number of urea groups is 1. The molecule has 2 amide bonds. The highest BCUT2D eigenvalue weighted by Crippen LogP contribution is 2.20. The molecule has 1 saturated heterocycles. The van der Waals surface area contributed by atoms with Gasteiger partial charge < -0.3 is 24.8 Å². The van der Waals surface area contributed by atoms with Crippen molar-refractivity contribution in [2.24, 2.45) is 5.41 Å². The lowest BCUT2D eigenvalue weighted by molar-refractivity contribution is -0.158. The summed E-state index contributed by atoms with van der Waals surface area (Å²) in [5, 5.41) is 11.7. The molecule has 1 aliphatic heterocycles. The number of nitrogens with one attached hydrogen (secondary N) is 1. The van der Waals surface area contributed by atoms with Gasteiger partial charge in [0.2, 0.25) is 0 Å². The van der Waals surface area contributed by atoms with Gasteiger partial charge in [-0.3, -0.25) is 0 Å². The monoisotopic (exact) mass is 302 g/mol. The standard InChI is InChI=1S/C13H22N2O6/c1-13(2,3)9(10(16)17)14-12(19)15-5-6-21-8(7-15)11(18)20-4/h8-9H,5-7H2,1-4H3,(H,14,19)(H,16,17)/t8?,9-/m0/s1. The first-order valence-electron chi connectivity index (χ1n) is 6.64. The Morgan fingerprint density at radius 1 is 1.38 bits per heavy atom. The van der Waals surface area contributed by atoms with Crippen LogP contribution in [0.2, 0.25) is 0 Å². The Hall–Kier alpha value is -1.83. The Balaban J connectivity index is 2.70. The lowest BCUT2D eigenvalue weighted by Gasteiger charge is -2.34. The molecular formula is C13H22N2O6. The van der Waals surface area contributed by atoms with Crippen LogP contribution in [0.4, 0.5) is 4.79 Å². The smallest absolute Gasteiger partial charge is 0.336 e. The number of ether oxygens (including phenoxy) is 2. The molecular weight excluding hydrogens is 280 g/mol. The topological polar surface area (TPSA) is 105 Å². The fourth-order valence-electron chi connectivity index (χ4n) is 1.97. The van der Waals surface area contributed by atoms with Crippen LogP contribution < -0.4 is 5.32 Å². The SMILES string of the molecule is COC(=O)C1CN(C(=O)N[C@@H](C(=O)O)C(C)(C)C)CCO1. The van der Waals surface area contributed by atoms with Gasteiger partial charge in [-0.2, -0.15) is 0 Å². The van der Waals surface area contributed by atoms with E-state index in [1.54, 1.807) is 20.8 Å². The molecule has 8 heteroatoms. The minimum absolute atomic E-state index is 0.0367. The molecule has 0 radical (unpaired) electrons. The van der Waals surface area contributed by atoms with Crippen molar-refractivity contribution in [1.29, 1.82) is 0 Å². The van der Waals surface area contributed by atoms with Gasteiger partial charge in [-0.1, -0.05) is 20.8 Å². The van der Waals surface area contributed by atoms with Crippen molar-refractivity contribution in [2.75, 3.05) is 26.8 Å². The zero-order chi connectivity index (χ0) is 16.2.